The van der Waals surface area contributed by atoms with E-state index >= 15 is 0 Å². The van der Waals surface area contributed by atoms with Crippen LogP contribution in [0, 0.1) is 46.3 Å². The van der Waals surface area contributed by atoms with Crippen LogP contribution in [0.2, 0.25) is 0 Å². The van der Waals surface area contributed by atoms with Gasteiger partial charge in [-0.3, -0.25) is 9.59 Å². The molecule has 0 amide bonds. The molecule has 7 unspecified atom stereocenters. The van der Waals surface area contributed by atoms with Crippen LogP contribution in [0.4, 0.5) is 0 Å². The second kappa shape index (κ2) is 4.56. The van der Waals surface area contributed by atoms with Crippen molar-refractivity contribution in [3.63, 3.8) is 0 Å². The van der Waals surface area contributed by atoms with Gasteiger partial charge in [0, 0.05) is 12.3 Å². The molecule has 7 atom stereocenters. The standard InChI is InChI=1S/C20H28O4/c1-10(21)24-17-7-15-11(4-3-5-19(15,2)18(22)23)16-6-12-13-8-20(16,17)9-14(12)13/h11-17H,3-9H2,1-2H3,(H,22,23). The molecule has 132 valence electrons. The van der Waals surface area contributed by atoms with Crippen molar-refractivity contribution in [2.45, 2.75) is 64.9 Å². The SMILES string of the molecule is CC(=O)OC1CC2C(CCCC2(C)C(=O)O)C2CC3C4CC12CC34. The molecular weight excluding hydrogens is 304 g/mol. The highest BCUT2D eigenvalue weighted by molar-refractivity contribution is 5.75. The first-order valence-corrected chi connectivity index (χ1v) is 9.77. The maximum Gasteiger partial charge on any atom is 0.309 e. The number of carboxylic acid groups (broad SMARTS) is 1. The van der Waals surface area contributed by atoms with Crippen molar-refractivity contribution < 1.29 is 19.4 Å². The Morgan fingerprint density at radius 1 is 1.04 bits per heavy atom. The molecule has 0 aromatic rings. The molecule has 0 aromatic carbocycles. The fourth-order valence-electron chi connectivity index (χ4n) is 7.95. The van der Waals surface area contributed by atoms with Crippen LogP contribution in [-0.2, 0) is 14.3 Å². The lowest BCUT2D eigenvalue weighted by Gasteiger charge is -2.61. The number of ether oxygens (including phenoxy) is 1. The van der Waals surface area contributed by atoms with Crippen LogP contribution in [0.5, 0.6) is 0 Å². The summed E-state index contributed by atoms with van der Waals surface area (Å²) in [6.07, 6.45) is 7.44. The number of fused-ring (bicyclic) bond motifs is 1. The topological polar surface area (TPSA) is 63.6 Å². The highest BCUT2D eigenvalue weighted by atomic mass is 16.5. The number of esters is 1. The highest BCUT2D eigenvalue weighted by Gasteiger charge is 2.74. The fraction of sp³-hybridized carbons (Fsp3) is 0.900. The Bertz CT molecular complexity index is 601. The van der Waals surface area contributed by atoms with Crippen molar-refractivity contribution >= 4 is 11.9 Å². The van der Waals surface area contributed by atoms with E-state index in [2.05, 4.69) is 0 Å². The van der Waals surface area contributed by atoms with E-state index in [-0.39, 0.29) is 23.4 Å². The number of carbonyl (C=O) groups is 2. The van der Waals surface area contributed by atoms with Crippen LogP contribution in [0.1, 0.15) is 58.8 Å². The predicted octanol–water partition coefficient (Wildman–Crippen LogP) is 3.49. The van der Waals surface area contributed by atoms with Gasteiger partial charge in [-0.2, -0.15) is 0 Å². The smallest absolute Gasteiger partial charge is 0.309 e. The van der Waals surface area contributed by atoms with Gasteiger partial charge in [-0.15, -0.1) is 0 Å². The lowest BCUT2D eigenvalue weighted by atomic mass is 9.44. The first-order chi connectivity index (χ1) is 11.4. The van der Waals surface area contributed by atoms with Gasteiger partial charge in [0.05, 0.1) is 5.41 Å². The quantitative estimate of drug-likeness (QED) is 0.786. The van der Waals surface area contributed by atoms with Gasteiger partial charge in [-0.1, -0.05) is 6.42 Å². The van der Waals surface area contributed by atoms with Gasteiger partial charge < -0.3 is 9.84 Å². The molecule has 1 N–H and O–H groups in total. The molecule has 6 rings (SSSR count). The Morgan fingerprint density at radius 3 is 2.38 bits per heavy atom. The van der Waals surface area contributed by atoms with Gasteiger partial charge >= 0.3 is 11.9 Å². The third-order valence-corrected chi connectivity index (χ3v) is 9.00. The zero-order chi connectivity index (χ0) is 16.9. The summed E-state index contributed by atoms with van der Waals surface area (Å²) >= 11 is 0. The van der Waals surface area contributed by atoms with Gasteiger partial charge in [0.2, 0.25) is 0 Å². The molecule has 6 fully saturated rings. The highest BCUT2D eigenvalue weighted by Crippen LogP contribution is 2.78. The van der Waals surface area contributed by atoms with Crippen molar-refractivity contribution in [2.75, 3.05) is 0 Å². The van der Waals surface area contributed by atoms with Gasteiger partial charge in [0.1, 0.15) is 6.10 Å². The maximum atomic E-state index is 12.1. The number of carbonyl (C=O) groups excluding carboxylic acids is 1. The van der Waals surface area contributed by atoms with Crippen LogP contribution < -0.4 is 0 Å². The van der Waals surface area contributed by atoms with E-state index in [9.17, 15) is 14.7 Å². The average Bonchev–Trinajstić information content (AvgIpc) is 3.06. The molecule has 24 heavy (non-hydrogen) atoms. The molecule has 0 radical (unpaired) electrons. The zero-order valence-electron chi connectivity index (χ0n) is 14.7. The summed E-state index contributed by atoms with van der Waals surface area (Å²) in [6.45, 7) is 3.46. The summed E-state index contributed by atoms with van der Waals surface area (Å²) in [5.41, 5.74) is -0.472. The van der Waals surface area contributed by atoms with Crippen molar-refractivity contribution in [3.05, 3.63) is 0 Å². The third kappa shape index (κ3) is 1.70. The summed E-state index contributed by atoms with van der Waals surface area (Å²) in [7, 11) is 0. The van der Waals surface area contributed by atoms with Crippen LogP contribution in [0.3, 0.4) is 0 Å². The molecule has 6 aliphatic rings. The lowest BCUT2D eigenvalue weighted by molar-refractivity contribution is -0.200. The molecule has 0 aliphatic heterocycles. The second-order valence-corrected chi connectivity index (χ2v) is 9.69. The Hall–Kier alpha value is -1.06. The molecule has 6 saturated carbocycles. The molecule has 4 bridgehead atoms. The number of hydrogen-bond donors (Lipinski definition) is 1. The fourth-order valence-corrected chi connectivity index (χ4v) is 7.95. The van der Waals surface area contributed by atoms with Gasteiger partial charge in [-0.25, -0.2) is 0 Å². The summed E-state index contributed by atoms with van der Waals surface area (Å²) in [5, 5.41) is 9.93. The molecule has 4 nitrogen and oxygen atoms in total. The van der Waals surface area contributed by atoms with Gasteiger partial charge in [0.15, 0.2) is 0 Å². The minimum Gasteiger partial charge on any atom is -0.481 e. The number of rotatable bonds is 2. The average molecular weight is 332 g/mol. The van der Waals surface area contributed by atoms with E-state index in [1.807, 2.05) is 6.92 Å². The Morgan fingerprint density at radius 2 is 1.75 bits per heavy atom. The van der Waals surface area contributed by atoms with Crippen molar-refractivity contribution in [1.29, 1.82) is 0 Å². The maximum absolute atomic E-state index is 12.1. The van der Waals surface area contributed by atoms with E-state index in [0.29, 0.717) is 11.8 Å². The van der Waals surface area contributed by atoms with Crippen LogP contribution >= 0.6 is 0 Å². The van der Waals surface area contributed by atoms with Crippen LogP contribution in [0.25, 0.3) is 0 Å². The largest absolute Gasteiger partial charge is 0.481 e. The number of aliphatic carboxylic acids is 1. The minimum atomic E-state index is -0.652. The van der Waals surface area contributed by atoms with E-state index < -0.39 is 11.4 Å². The molecule has 0 heterocycles. The molecule has 6 aliphatic carbocycles. The summed E-state index contributed by atoms with van der Waals surface area (Å²) < 4.78 is 5.88. The van der Waals surface area contributed by atoms with E-state index in [0.717, 1.165) is 37.0 Å². The number of carboxylic acids is 1. The van der Waals surface area contributed by atoms with Crippen molar-refractivity contribution in [3.8, 4) is 0 Å². The third-order valence-electron chi connectivity index (χ3n) is 9.00. The minimum absolute atomic E-state index is 0.0493. The van der Waals surface area contributed by atoms with E-state index in [4.69, 9.17) is 4.74 Å². The molecule has 4 heteroatoms. The first kappa shape index (κ1) is 15.2. The summed E-state index contributed by atoms with van der Waals surface area (Å²) in [5.74, 6) is 3.08. The Labute approximate surface area is 143 Å². The Balaban J connectivity index is 1.55. The van der Waals surface area contributed by atoms with Gasteiger partial charge in [0.25, 0.3) is 0 Å². The van der Waals surface area contributed by atoms with Crippen molar-refractivity contribution in [2.24, 2.45) is 46.3 Å². The Kier molecular flexibility index (Phi) is 2.89. The second-order valence-electron chi connectivity index (χ2n) is 9.69. The summed E-state index contributed by atoms with van der Waals surface area (Å²) in [4.78, 5) is 23.9. The normalized spacial score (nSPS) is 56.8. The number of hydrogen-bond acceptors (Lipinski definition) is 3. The first-order valence-electron chi connectivity index (χ1n) is 9.77. The van der Waals surface area contributed by atoms with Crippen molar-refractivity contribution in [1.82, 2.24) is 0 Å². The summed E-state index contributed by atoms with van der Waals surface area (Å²) in [6, 6.07) is 0. The zero-order valence-corrected chi connectivity index (χ0v) is 14.7. The molecule has 0 saturated heterocycles. The molecular formula is C20H28O4. The molecule has 1 spiro atoms. The molecule has 0 aromatic heterocycles. The van der Waals surface area contributed by atoms with E-state index in [1.54, 1.807) is 0 Å². The van der Waals surface area contributed by atoms with Crippen LogP contribution in [-0.4, -0.2) is 23.1 Å². The lowest BCUT2D eigenvalue weighted by Crippen LogP contribution is -2.60. The predicted molar refractivity (Wildman–Crippen MR) is 87.0 cm³/mol. The van der Waals surface area contributed by atoms with Gasteiger partial charge in [-0.05, 0) is 81.0 Å². The van der Waals surface area contributed by atoms with Crippen LogP contribution in [0.15, 0.2) is 0 Å². The monoisotopic (exact) mass is 332 g/mol. The van der Waals surface area contributed by atoms with E-state index in [1.165, 1.54) is 32.6 Å².